The van der Waals surface area contributed by atoms with E-state index in [-0.39, 0.29) is 22.5 Å². The Hall–Kier alpha value is -4.50. The molecule has 3 aliphatic rings. The van der Waals surface area contributed by atoms with Crippen molar-refractivity contribution in [1.82, 2.24) is 0 Å². The van der Waals surface area contributed by atoms with Crippen molar-refractivity contribution >= 4 is 34.8 Å². The van der Waals surface area contributed by atoms with Crippen molar-refractivity contribution < 1.29 is 28.8 Å². The minimum absolute atomic E-state index is 0.00168. The Morgan fingerprint density at radius 1 is 0.861 bits per heavy atom. The van der Waals surface area contributed by atoms with E-state index < -0.39 is 51.8 Å². The third-order valence-electron chi connectivity index (χ3n) is 7.22. The molecular weight excluding hydrogens is 464 g/mol. The zero-order chi connectivity index (χ0) is 25.4. The van der Waals surface area contributed by atoms with Crippen LogP contribution in [0.3, 0.4) is 0 Å². The number of aryl methyl sites for hydroxylation is 1. The number of Topliss-reactive ketones (excluding diaryl/α,β-unsaturated/α-hetero) is 2. The minimum atomic E-state index is -2.19. The summed E-state index contributed by atoms with van der Waals surface area (Å²) in [6.07, 6.45) is -1.04. The Bertz CT molecular complexity index is 1480. The summed E-state index contributed by atoms with van der Waals surface area (Å²) in [5.74, 6) is -5.37. The molecule has 2 fully saturated rings. The summed E-state index contributed by atoms with van der Waals surface area (Å²) >= 11 is 0. The van der Waals surface area contributed by atoms with Gasteiger partial charge in [0, 0.05) is 23.3 Å². The van der Waals surface area contributed by atoms with E-state index in [1.165, 1.54) is 30.3 Å². The van der Waals surface area contributed by atoms with Crippen molar-refractivity contribution in [3.63, 3.8) is 0 Å². The predicted molar refractivity (Wildman–Crippen MR) is 125 cm³/mol. The van der Waals surface area contributed by atoms with Crippen LogP contribution in [0.4, 0.5) is 11.4 Å². The molecule has 2 amide bonds. The van der Waals surface area contributed by atoms with Gasteiger partial charge in [-0.15, -0.1) is 0 Å². The average Bonchev–Trinajstić information content (AvgIpc) is 3.44. The molecule has 0 aromatic heterocycles. The maximum atomic E-state index is 13.9. The number of hydrogen-bond donors (Lipinski definition) is 0. The highest BCUT2D eigenvalue weighted by molar-refractivity contribution is 6.37. The molecule has 0 N–H and O–H groups in total. The van der Waals surface area contributed by atoms with Crippen molar-refractivity contribution in [2.24, 2.45) is 11.8 Å². The molecule has 2 heterocycles. The molecule has 9 heteroatoms. The first-order valence-electron chi connectivity index (χ1n) is 11.3. The van der Waals surface area contributed by atoms with Crippen LogP contribution in [0.1, 0.15) is 37.9 Å². The fourth-order valence-electron chi connectivity index (χ4n) is 5.57. The Morgan fingerprint density at radius 3 is 2.11 bits per heavy atom. The SMILES string of the molecule is Cc1ccc([C@H]2OC3(C(=O)c4ccccc4C3=O)[C@H]3C(=O)N(c4cccc([N+](=O)[O-])c4)C(=O)[C@H]23)cc1. The van der Waals surface area contributed by atoms with Crippen LogP contribution >= 0.6 is 0 Å². The number of non-ortho nitro benzene ring substituents is 1. The molecule has 2 saturated heterocycles. The van der Waals surface area contributed by atoms with Gasteiger partial charge in [-0.3, -0.25) is 29.3 Å². The maximum Gasteiger partial charge on any atom is 0.271 e. The second-order valence-electron chi connectivity index (χ2n) is 9.18. The number of ether oxygens (including phenoxy) is 1. The van der Waals surface area contributed by atoms with E-state index in [2.05, 4.69) is 0 Å². The molecule has 0 unspecified atom stereocenters. The Kier molecular flexibility index (Phi) is 4.58. The summed E-state index contributed by atoms with van der Waals surface area (Å²) < 4.78 is 6.22. The van der Waals surface area contributed by atoms with Crippen LogP contribution < -0.4 is 4.90 Å². The summed E-state index contributed by atoms with van der Waals surface area (Å²) in [4.78, 5) is 66.6. The number of amides is 2. The first kappa shape index (κ1) is 22.0. The van der Waals surface area contributed by atoms with Gasteiger partial charge in [0.05, 0.1) is 28.6 Å². The Labute approximate surface area is 204 Å². The van der Waals surface area contributed by atoms with E-state index in [0.717, 1.165) is 16.5 Å². The van der Waals surface area contributed by atoms with E-state index in [9.17, 15) is 29.3 Å². The van der Waals surface area contributed by atoms with Gasteiger partial charge >= 0.3 is 0 Å². The van der Waals surface area contributed by atoms with Gasteiger partial charge in [0.25, 0.3) is 5.69 Å². The van der Waals surface area contributed by atoms with E-state index in [1.54, 1.807) is 24.3 Å². The smallest absolute Gasteiger partial charge is 0.271 e. The molecule has 9 nitrogen and oxygen atoms in total. The normalized spacial score (nSPS) is 23.9. The minimum Gasteiger partial charge on any atom is -0.349 e. The Morgan fingerprint density at radius 2 is 1.50 bits per heavy atom. The number of fused-ring (bicyclic) bond motifs is 3. The fraction of sp³-hybridized carbons (Fsp3) is 0.185. The molecule has 3 aromatic carbocycles. The van der Waals surface area contributed by atoms with Crippen molar-refractivity contribution in [3.8, 4) is 0 Å². The van der Waals surface area contributed by atoms with Gasteiger partial charge < -0.3 is 4.74 Å². The van der Waals surface area contributed by atoms with Crippen molar-refractivity contribution in [2.75, 3.05) is 4.90 Å². The van der Waals surface area contributed by atoms with E-state index in [0.29, 0.717) is 5.56 Å². The number of nitro groups is 1. The van der Waals surface area contributed by atoms with Crippen LogP contribution in [0, 0.1) is 28.9 Å². The number of hydrogen-bond acceptors (Lipinski definition) is 7. The number of ketones is 2. The van der Waals surface area contributed by atoms with Crippen LogP contribution in [-0.2, 0) is 14.3 Å². The van der Waals surface area contributed by atoms with Gasteiger partial charge in [-0.1, -0.05) is 60.2 Å². The van der Waals surface area contributed by atoms with Gasteiger partial charge in [-0.2, -0.15) is 0 Å². The van der Waals surface area contributed by atoms with Crippen LogP contribution in [0.2, 0.25) is 0 Å². The molecule has 3 atom stereocenters. The second kappa shape index (κ2) is 7.50. The summed E-state index contributed by atoms with van der Waals surface area (Å²) in [5, 5.41) is 11.3. The van der Waals surface area contributed by atoms with Gasteiger partial charge in [-0.25, -0.2) is 4.90 Å². The number of carbonyl (C=O) groups excluding carboxylic acids is 4. The summed E-state index contributed by atoms with van der Waals surface area (Å²) in [5.41, 5.74) is -0.707. The lowest BCUT2D eigenvalue weighted by molar-refractivity contribution is -0.384. The lowest BCUT2D eigenvalue weighted by Crippen LogP contribution is -2.51. The molecule has 1 aliphatic carbocycles. The quantitative estimate of drug-likeness (QED) is 0.242. The second-order valence-corrected chi connectivity index (χ2v) is 9.18. The zero-order valence-electron chi connectivity index (χ0n) is 18.9. The highest BCUT2D eigenvalue weighted by atomic mass is 16.6. The number of nitrogens with zero attached hydrogens (tertiary/aromatic N) is 2. The highest BCUT2D eigenvalue weighted by Gasteiger charge is 2.74. The average molecular weight is 482 g/mol. The lowest BCUT2D eigenvalue weighted by Gasteiger charge is -2.27. The fourth-order valence-corrected chi connectivity index (χ4v) is 5.57. The molecule has 1 spiro atoms. The molecule has 0 saturated carbocycles. The summed E-state index contributed by atoms with van der Waals surface area (Å²) in [7, 11) is 0. The van der Waals surface area contributed by atoms with Crippen LogP contribution in [0.25, 0.3) is 0 Å². The predicted octanol–water partition coefficient (Wildman–Crippen LogP) is 3.60. The number of imide groups is 1. The number of nitro benzene ring substituents is 1. The van der Waals surface area contributed by atoms with Crippen LogP contribution in [0.5, 0.6) is 0 Å². The van der Waals surface area contributed by atoms with E-state index in [4.69, 9.17) is 4.74 Å². The third-order valence-corrected chi connectivity index (χ3v) is 7.22. The van der Waals surface area contributed by atoms with Gasteiger partial charge in [0.1, 0.15) is 0 Å². The van der Waals surface area contributed by atoms with Crippen LogP contribution in [0.15, 0.2) is 72.8 Å². The summed E-state index contributed by atoms with van der Waals surface area (Å²) in [6, 6.07) is 18.5. The largest absolute Gasteiger partial charge is 0.349 e. The van der Waals surface area contributed by atoms with Crippen molar-refractivity contribution in [2.45, 2.75) is 18.6 Å². The molecule has 3 aromatic rings. The third kappa shape index (κ3) is 2.74. The van der Waals surface area contributed by atoms with E-state index >= 15 is 0 Å². The number of carbonyl (C=O) groups is 4. The lowest BCUT2D eigenvalue weighted by atomic mass is 9.77. The topological polar surface area (TPSA) is 124 Å². The Balaban J connectivity index is 1.54. The van der Waals surface area contributed by atoms with Gasteiger partial charge in [0.15, 0.2) is 0 Å². The zero-order valence-corrected chi connectivity index (χ0v) is 18.9. The number of rotatable bonds is 3. The van der Waals surface area contributed by atoms with E-state index in [1.807, 2.05) is 19.1 Å². The standard InChI is InChI=1S/C27H18N2O7/c1-14-9-11-15(12-10-14)22-20-21(27(36-22)23(30)18-7-2-3-8-19(18)24(27)31)26(33)28(25(20)32)16-5-4-6-17(13-16)29(34)35/h2-13,20-22H,1H3/t20-,21+,22+/m0/s1. The van der Waals surface area contributed by atoms with Gasteiger partial charge in [0.2, 0.25) is 29.0 Å². The number of anilines is 1. The molecule has 36 heavy (non-hydrogen) atoms. The molecular formula is C27H18N2O7. The molecule has 178 valence electrons. The first-order chi connectivity index (χ1) is 17.3. The van der Waals surface area contributed by atoms with Crippen molar-refractivity contribution in [3.05, 3.63) is 105 Å². The maximum absolute atomic E-state index is 13.9. The monoisotopic (exact) mass is 482 g/mol. The molecule has 6 rings (SSSR count). The summed E-state index contributed by atoms with van der Waals surface area (Å²) in [6.45, 7) is 1.89. The highest BCUT2D eigenvalue weighted by Crippen LogP contribution is 2.57. The van der Waals surface area contributed by atoms with Crippen LogP contribution in [-0.4, -0.2) is 33.9 Å². The molecule has 0 radical (unpaired) electrons. The van der Waals surface area contributed by atoms with Crippen molar-refractivity contribution in [1.29, 1.82) is 0 Å². The van der Waals surface area contributed by atoms with Gasteiger partial charge in [-0.05, 0) is 18.6 Å². The molecule has 0 bridgehead atoms. The molecule has 2 aliphatic heterocycles. The first-order valence-corrected chi connectivity index (χ1v) is 11.3. The number of benzene rings is 3.